The zero-order valence-corrected chi connectivity index (χ0v) is 26.3. The molecule has 0 bridgehead atoms. The Balaban J connectivity index is 1.42. The fourth-order valence-corrected chi connectivity index (χ4v) is 4.58. The van der Waals surface area contributed by atoms with E-state index in [4.69, 9.17) is 14.2 Å². The van der Waals surface area contributed by atoms with Crippen LogP contribution in [-0.4, -0.2) is 45.0 Å². The molecular formula is C34H49N3O5. The predicted octanol–water partition coefficient (Wildman–Crippen LogP) is 6.81. The molecule has 8 nitrogen and oxygen atoms in total. The summed E-state index contributed by atoms with van der Waals surface area (Å²) in [5.41, 5.74) is 2.99. The number of unbranched alkanes of at least 4 members (excludes halogenated alkanes) is 5. The van der Waals surface area contributed by atoms with E-state index < -0.39 is 17.7 Å². The van der Waals surface area contributed by atoms with E-state index >= 15 is 0 Å². The van der Waals surface area contributed by atoms with Crippen LogP contribution in [-0.2, 0) is 25.5 Å². The maximum absolute atomic E-state index is 12.7. The number of nitrogens with one attached hydrogen (secondary N) is 2. The topological polar surface area (TPSA) is 89.1 Å². The minimum atomic E-state index is -1.29. The summed E-state index contributed by atoms with van der Waals surface area (Å²) in [4.78, 5) is 27.5. The molecule has 0 radical (unpaired) electrons. The standard InChI is InChI=1S/C34H49N3O5/c1-25(2)22-24-40-29-20-14-26(15-21-29)13-11-9-7-8-10-12-23-35-31(30-32(38)41-34(3,4)42-33(30)39)36-27-16-18-28(19-17-27)37(5)6/h14-21,25,35-36H,7-13,22-24H2,1-6H3. The van der Waals surface area contributed by atoms with Gasteiger partial charge >= 0.3 is 11.9 Å². The van der Waals surface area contributed by atoms with Gasteiger partial charge in [-0.3, -0.25) is 0 Å². The van der Waals surface area contributed by atoms with E-state index in [1.807, 2.05) is 43.3 Å². The van der Waals surface area contributed by atoms with Gasteiger partial charge < -0.3 is 29.7 Å². The lowest BCUT2D eigenvalue weighted by Gasteiger charge is -2.31. The van der Waals surface area contributed by atoms with Crippen LogP contribution >= 0.6 is 0 Å². The molecule has 2 aromatic carbocycles. The molecule has 0 atom stereocenters. The van der Waals surface area contributed by atoms with Gasteiger partial charge in [0.15, 0.2) is 5.57 Å². The first kappa shape index (κ1) is 32.8. The number of aryl methyl sites for hydroxylation is 1. The van der Waals surface area contributed by atoms with E-state index in [0.29, 0.717) is 18.3 Å². The van der Waals surface area contributed by atoms with Crippen molar-refractivity contribution in [1.29, 1.82) is 0 Å². The molecule has 1 saturated heterocycles. The van der Waals surface area contributed by atoms with Crippen LogP contribution in [0, 0.1) is 5.92 Å². The highest BCUT2D eigenvalue weighted by molar-refractivity contribution is 6.16. The van der Waals surface area contributed by atoms with Crippen LogP contribution in [0.3, 0.4) is 0 Å². The molecule has 0 unspecified atom stereocenters. The lowest BCUT2D eigenvalue weighted by Crippen LogP contribution is -2.44. The van der Waals surface area contributed by atoms with Gasteiger partial charge in [0, 0.05) is 45.9 Å². The average Bonchev–Trinajstić information content (AvgIpc) is 2.91. The summed E-state index contributed by atoms with van der Waals surface area (Å²) >= 11 is 0. The molecule has 8 heteroatoms. The minimum absolute atomic E-state index is 0.152. The van der Waals surface area contributed by atoms with E-state index in [1.165, 1.54) is 24.8 Å². The summed E-state index contributed by atoms with van der Waals surface area (Å²) in [6, 6.07) is 16.2. The number of cyclic esters (lactones) is 2. The Morgan fingerprint density at radius 1 is 0.857 bits per heavy atom. The van der Waals surface area contributed by atoms with E-state index in [-0.39, 0.29) is 5.57 Å². The third-order valence-corrected chi connectivity index (χ3v) is 7.07. The summed E-state index contributed by atoms with van der Waals surface area (Å²) in [7, 11) is 3.94. The van der Waals surface area contributed by atoms with Crippen molar-refractivity contribution in [3.8, 4) is 5.75 Å². The smallest absolute Gasteiger partial charge is 0.352 e. The van der Waals surface area contributed by atoms with Gasteiger partial charge in [0.05, 0.1) is 6.61 Å². The monoisotopic (exact) mass is 579 g/mol. The average molecular weight is 580 g/mol. The Morgan fingerprint density at radius 2 is 1.45 bits per heavy atom. The summed E-state index contributed by atoms with van der Waals surface area (Å²) < 4.78 is 16.5. The number of carbonyl (C=O) groups excluding carboxylic acids is 2. The Kier molecular flexibility index (Phi) is 12.6. The molecule has 0 amide bonds. The Morgan fingerprint density at radius 3 is 2.05 bits per heavy atom. The summed E-state index contributed by atoms with van der Waals surface area (Å²) in [5.74, 6) is -0.796. The van der Waals surface area contributed by atoms with Crippen molar-refractivity contribution in [3.05, 3.63) is 65.5 Å². The van der Waals surface area contributed by atoms with Crippen LogP contribution in [0.2, 0.25) is 0 Å². The van der Waals surface area contributed by atoms with Crippen molar-refractivity contribution in [1.82, 2.24) is 5.32 Å². The molecule has 0 aromatic heterocycles. The SMILES string of the molecule is CC(C)CCOc1ccc(CCCCCCCCNC(Nc2ccc(N(C)C)cc2)=C2C(=O)OC(C)(C)OC2=O)cc1. The van der Waals surface area contributed by atoms with Crippen molar-refractivity contribution < 1.29 is 23.8 Å². The Hall–Kier alpha value is -3.68. The highest BCUT2D eigenvalue weighted by Gasteiger charge is 2.41. The molecule has 3 rings (SSSR count). The number of rotatable bonds is 17. The number of ether oxygens (including phenoxy) is 3. The van der Waals surface area contributed by atoms with Crippen LogP contribution in [0.5, 0.6) is 5.75 Å². The maximum atomic E-state index is 12.7. The van der Waals surface area contributed by atoms with Gasteiger partial charge in [-0.25, -0.2) is 9.59 Å². The fourth-order valence-electron chi connectivity index (χ4n) is 4.58. The molecule has 0 spiro atoms. The predicted molar refractivity (Wildman–Crippen MR) is 168 cm³/mol. The molecule has 42 heavy (non-hydrogen) atoms. The molecule has 0 aliphatic carbocycles. The Labute approximate surface area is 251 Å². The first-order valence-electron chi connectivity index (χ1n) is 15.2. The van der Waals surface area contributed by atoms with Crippen LogP contribution in [0.1, 0.15) is 78.2 Å². The maximum Gasteiger partial charge on any atom is 0.352 e. The Bertz CT molecular complexity index is 1150. The number of nitrogens with zero attached hydrogens (tertiary/aromatic N) is 1. The van der Waals surface area contributed by atoms with Crippen molar-refractivity contribution in [2.75, 3.05) is 37.5 Å². The van der Waals surface area contributed by atoms with Crippen LogP contribution in [0.4, 0.5) is 11.4 Å². The van der Waals surface area contributed by atoms with Crippen molar-refractivity contribution in [2.45, 2.75) is 84.8 Å². The van der Waals surface area contributed by atoms with Crippen LogP contribution in [0.15, 0.2) is 59.9 Å². The minimum Gasteiger partial charge on any atom is -0.494 e. The second-order valence-corrected chi connectivity index (χ2v) is 12.0. The van der Waals surface area contributed by atoms with Gasteiger partial charge in [0.1, 0.15) is 11.6 Å². The van der Waals surface area contributed by atoms with E-state index in [9.17, 15) is 9.59 Å². The number of hydrogen-bond donors (Lipinski definition) is 2. The zero-order chi connectivity index (χ0) is 30.5. The van der Waals surface area contributed by atoms with E-state index in [1.54, 1.807) is 13.8 Å². The molecule has 1 aliphatic rings. The first-order chi connectivity index (χ1) is 20.0. The summed E-state index contributed by atoms with van der Waals surface area (Å²) in [6.07, 6.45) is 8.77. The second kappa shape index (κ2) is 16.1. The van der Waals surface area contributed by atoms with Gasteiger partial charge in [-0.15, -0.1) is 0 Å². The fraction of sp³-hybridized carbons (Fsp3) is 0.529. The van der Waals surface area contributed by atoms with Crippen LogP contribution in [0.25, 0.3) is 0 Å². The molecule has 1 heterocycles. The molecular weight excluding hydrogens is 530 g/mol. The van der Waals surface area contributed by atoms with Gasteiger partial charge in [0.2, 0.25) is 0 Å². The lowest BCUT2D eigenvalue weighted by atomic mass is 10.0. The van der Waals surface area contributed by atoms with Gasteiger partial charge in [-0.05, 0) is 73.6 Å². The lowest BCUT2D eigenvalue weighted by molar-refractivity contribution is -0.222. The summed E-state index contributed by atoms with van der Waals surface area (Å²) in [5, 5.41) is 6.45. The van der Waals surface area contributed by atoms with Crippen LogP contribution < -0.4 is 20.3 Å². The van der Waals surface area contributed by atoms with Gasteiger partial charge in [-0.1, -0.05) is 51.7 Å². The normalized spacial score (nSPS) is 14.3. The zero-order valence-electron chi connectivity index (χ0n) is 26.3. The highest BCUT2D eigenvalue weighted by atomic mass is 16.7. The number of hydrogen-bond acceptors (Lipinski definition) is 8. The number of anilines is 2. The molecule has 1 aliphatic heterocycles. The number of carbonyl (C=O) groups is 2. The van der Waals surface area contributed by atoms with E-state index in [0.717, 1.165) is 55.8 Å². The molecule has 0 saturated carbocycles. The third kappa shape index (κ3) is 11.0. The van der Waals surface area contributed by atoms with Gasteiger partial charge in [0.25, 0.3) is 5.79 Å². The summed E-state index contributed by atoms with van der Waals surface area (Å²) in [6.45, 7) is 8.88. The molecule has 230 valence electrons. The molecule has 1 fully saturated rings. The number of esters is 2. The van der Waals surface area contributed by atoms with Gasteiger partial charge in [-0.2, -0.15) is 0 Å². The van der Waals surface area contributed by atoms with Crippen molar-refractivity contribution in [2.24, 2.45) is 5.92 Å². The largest absolute Gasteiger partial charge is 0.494 e. The first-order valence-corrected chi connectivity index (χ1v) is 15.2. The molecule has 2 aromatic rings. The molecule has 2 N–H and O–H groups in total. The van der Waals surface area contributed by atoms with E-state index in [2.05, 4.69) is 48.7 Å². The third-order valence-electron chi connectivity index (χ3n) is 7.07. The van der Waals surface area contributed by atoms with Crippen molar-refractivity contribution >= 4 is 23.3 Å². The second-order valence-electron chi connectivity index (χ2n) is 12.0. The number of benzene rings is 2. The highest BCUT2D eigenvalue weighted by Crippen LogP contribution is 2.25. The quantitative estimate of drug-likeness (QED) is 0.0915. The van der Waals surface area contributed by atoms with Crippen molar-refractivity contribution in [3.63, 3.8) is 0 Å².